The normalized spacial score (nSPS) is 10.5. The number of carbonyl (C=O) groups excluding carboxylic acids is 1. The zero-order valence-electron chi connectivity index (χ0n) is 13.2. The van der Waals surface area contributed by atoms with Crippen LogP contribution < -0.4 is 10.1 Å². The van der Waals surface area contributed by atoms with Gasteiger partial charge >= 0.3 is 0 Å². The number of hydrogen-bond acceptors (Lipinski definition) is 4. The summed E-state index contributed by atoms with van der Waals surface area (Å²) in [6.07, 6.45) is 0. The molecular formula is C18H15BrN2O2S. The van der Waals surface area contributed by atoms with E-state index in [1.165, 1.54) is 11.3 Å². The summed E-state index contributed by atoms with van der Waals surface area (Å²) in [5, 5.41) is 5.32. The Bertz CT molecular complexity index is 875. The molecule has 0 atom stereocenters. The van der Waals surface area contributed by atoms with Gasteiger partial charge in [-0.1, -0.05) is 40.2 Å². The van der Waals surface area contributed by atoms with Crippen molar-refractivity contribution < 1.29 is 9.53 Å². The molecule has 0 spiro atoms. The van der Waals surface area contributed by atoms with Crippen LogP contribution in [0.1, 0.15) is 15.9 Å². The smallest absolute Gasteiger partial charge is 0.261 e. The van der Waals surface area contributed by atoms with Crippen LogP contribution in [0.15, 0.2) is 52.3 Å². The van der Waals surface area contributed by atoms with Gasteiger partial charge in [-0.3, -0.25) is 10.1 Å². The first kappa shape index (κ1) is 16.7. The van der Waals surface area contributed by atoms with Gasteiger partial charge in [0.2, 0.25) is 0 Å². The number of anilines is 1. The minimum absolute atomic E-state index is 0.229. The van der Waals surface area contributed by atoms with Gasteiger partial charge in [-0.05, 0) is 30.7 Å². The number of aromatic nitrogens is 1. The van der Waals surface area contributed by atoms with Crippen LogP contribution in [0.2, 0.25) is 0 Å². The molecule has 6 heteroatoms. The highest BCUT2D eigenvalue weighted by Gasteiger charge is 2.15. The lowest BCUT2D eigenvalue weighted by Crippen LogP contribution is -2.13. The second kappa shape index (κ2) is 7.15. The molecule has 24 heavy (non-hydrogen) atoms. The van der Waals surface area contributed by atoms with E-state index in [-0.39, 0.29) is 5.91 Å². The number of nitrogens with zero attached hydrogens (tertiary/aromatic N) is 1. The number of para-hydroxylation sites is 1. The predicted molar refractivity (Wildman–Crippen MR) is 101 cm³/mol. The summed E-state index contributed by atoms with van der Waals surface area (Å²) in [5.74, 6) is 0.354. The summed E-state index contributed by atoms with van der Waals surface area (Å²) in [5.41, 5.74) is 3.25. The number of halogens is 1. The lowest BCUT2D eigenvalue weighted by molar-refractivity contribution is 0.102. The second-order valence-electron chi connectivity index (χ2n) is 5.15. The third-order valence-electron chi connectivity index (χ3n) is 3.53. The van der Waals surface area contributed by atoms with Crippen molar-refractivity contribution in [3.8, 4) is 17.0 Å². The average molecular weight is 403 g/mol. The number of methoxy groups -OCH3 is 1. The molecule has 0 bridgehead atoms. The number of ether oxygens (including phenoxy) is 1. The lowest BCUT2D eigenvalue weighted by atomic mass is 10.1. The summed E-state index contributed by atoms with van der Waals surface area (Å²) in [6.45, 7) is 1.91. The summed E-state index contributed by atoms with van der Waals surface area (Å²) < 4.78 is 6.35. The van der Waals surface area contributed by atoms with Gasteiger partial charge < -0.3 is 4.74 Å². The molecule has 0 fully saturated rings. The molecule has 3 rings (SSSR count). The van der Waals surface area contributed by atoms with Gasteiger partial charge in [0.25, 0.3) is 5.91 Å². The number of hydrogen-bond donors (Lipinski definition) is 1. The van der Waals surface area contributed by atoms with Crippen LogP contribution in [0.4, 0.5) is 5.13 Å². The Labute approximate surface area is 152 Å². The molecule has 0 aliphatic carbocycles. The number of carbonyl (C=O) groups is 1. The van der Waals surface area contributed by atoms with Gasteiger partial charge in [-0.25, -0.2) is 4.98 Å². The Balaban J connectivity index is 1.81. The van der Waals surface area contributed by atoms with Crippen LogP contribution in [0.25, 0.3) is 11.3 Å². The Morgan fingerprint density at radius 1 is 1.21 bits per heavy atom. The fourth-order valence-electron chi connectivity index (χ4n) is 2.35. The molecule has 1 amide bonds. The standard InChI is InChI=1S/C18H15BrN2O2S/c1-11-4-3-5-14(16(11)23-2)17(22)21-18-20-15(10-24-18)12-6-8-13(19)9-7-12/h3-10H,1-2H3,(H,20,21,22). The van der Waals surface area contributed by atoms with Gasteiger partial charge in [-0.15, -0.1) is 11.3 Å². The summed E-state index contributed by atoms with van der Waals surface area (Å²) >= 11 is 4.81. The molecule has 2 aromatic carbocycles. The SMILES string of the molecule is COc1c(C)cccc1C(=O)Nc1nc(-c2ccc(Br)cc2)cs1. The molecule has 1 aromatic heterocycles. The van der Waals surface area contributed by atoms with E-state index < -0.39 is 0 Å². The molecule has 0 saturated heterocycles. The van der Waals surface area contributed by atoms with Crippen LogP contribution in [-0.2, 0) is 0 Å². The van der Waals surface area contributed by atoms with E-state index in [1.807, 2.05) is 48.7 Å². The van der Waals surface area contributed by atoms with E-state index in [2.05, 4.69) is 26.2 Å². The third-order valence-corrected chi connectivity index (χ3v) is 4.81. The highest BCUT2D eigenvalue weighted by molar-refractivity contribution is 9.10. The third kappa shape index (κ3) is 3.49. The fraction of sp³-hybridized carbons (Fsp3) is 0.111. The maximum Gasteiger partial charge on any atom is 0.261 e. The molecule has 0 radical (unpaired) electrons. The monoisotopic (exact) mass is 402 g/mol. The second-order valence-corrected chi connectivity index (χ2v) is 6.93. The molecule has 1 heterocycles. The van der Waals surface area contributed by atoms with Gasteiger partial charge in [0.15, 0.2) is 5.13 Å². The molecule has 3 aromatic rings. The van der Waals surface area contributed by atoms with Crippen molar-refractivity contribution in [3.05, 3.63) is 63.4 Å². The van der Waals surface area contributed by atoms with Crippen molar-refractivity contribution in [3.63, 3.8) is 0 Å². The van der Waals surface area contributed by atoms with Crippen LogP contribution >= 0.6 is 27.3 Å². The van der Waals surface area contributed by atoms with Crippen molar-refractivity contribution >= 4 is 38.3 Å². The first-order chi connectivity index (χ1) is 11.6. The number of amides is 1. The Hall–Kier alpha value is -2.18. The van der Waals surface area contributed by atoms with E-state index in [4.69, 9.17) is 4.74 Å². The van der Waals surface area contributed by atoms with E-state index in [1.54, 1.807) is 13.2 Å². The first-order valence-electron chi connectivity index (χ1n) is 7.25. The van der Waals surface area contributed by atoms with Gasteiger partial charge in [0.05, 0.1) is 18.4 Å². The highest BCUT2D eigenvalue weighted by atomic mass is 79.9. The molecule has 0 unspecified atom stereocenters. The van der Waals surface area contributed by atoms with Crippen molar-refractivity contribution in [2.24, 2.45) is 0 Å². The first-order valence-corrected chi connectivity index (χ1v) is 8.92. The molecule has 0 aliphatic heterocycles. The van der Waals surface area contributed by atoms with E-state index in [9.17, 15) is 4.79 Å². The van der Waals surface area contributed by atoms with Crippen LogP contribution in [0.3, 0.4) is 0 Å². The fourth-order valence-corrected chi connectivity index (χ4v) is 3.33. The van der Waals surface area contributed by atoms with Crippen LogP contribution in [0.5, 0.6) is 5.75 Å². The Kier molecular flexibility index (Phi) is 4.97. The van der Waals surface area contributed by atoms with Crippen molar-refractivity contribution in [1.82, 2.24) is 4.98 Å². The zero-order chi connectivity index (χ0) is 17.1. The van der Waals surface area contributed by atoms with Crippen LogP contribution in [0, 0.1) is 6.92 Å². The largest absolute Gasteiger partial charge is 0.496 e. The van der Waals surface area contributed by atoms with Gasteiger partial charge in [-0.2, -0.15) is 0 Å². The van der Waals surface area contributed by atoms with Crippen LogP contribution in [-0.4, -0.2) is 18.0 Å². The quantitative estimate of drug-likeness (QED) is 0.656. The van der Waals surface area contributed by atoms with Gasteiger partial charge in [0, 0.05) is 15.4 Å². The zero-order valence-corrected chi connectivity index (χ0v) is 15.6. The lowest BCUT2D eigenvalue weighted by Gasteiger charge is -2.10. The topological polar surface area (TPSA) is 51.2 Å². The van der Waals surface area contributed by atoms with E-state index in [0.717, 1.165) is 21.3 Å². The number of aryl methyl sites for hydroxylation is 1. The number of nitrogens with one attached hydrogen (secondary N) is 1. The summed E-state index contributed by atoms with van der Waals surface area (Å²) in [7, 11) is 1.56. The van der Waals surface area contributed by atoms with Crippen molar-refractivity contribution in [2.45, 2.75) is 6.92 Å². The van der Waals surface area contributed by atoms with E-state index in [0.29, 0.717) is 16.4 Å². The minimum Gasteiger partial charge on any atom is -0.496 e. The van der Waals surface area contributed by atoms with Gasteiger partial charge in [0.1, 0.15) is 5.75 Å². The van der Waals surface area contributed by atoms with E-state index >= 15 is 0 Å². The Morgan fingerprint density at radius 2 is 1.96 bits per heavy atom. The molecule has 4 nitrogen and oxygen atoms in total. The van der Waals surface area contributed by atoms with Crippen molar-refractivity contribution in [2.75, 3.05) is 12.4 Å². The number of rotatable bonds is 4. The summed E-state index contributed by atoms with van der Waals surface area (Å²) in [6, 6.07) is 13.4. The maximum atomic E-state index is 12.5. The number of thiazole rings is 1. The predicted octanol–water partition coefficient (Wildman–Crippen LogP) is 5.14. The average Bonchev–Trinajstić information content (AvgIpc) is 3.03. The molecule has 0 aliphatic rings. The Morgan fingerprint density at radius 3 is 2.67 bits per heavy atom. The summed E-state index contributed by atoms with van der Waals surface area (Å²) in [4.78, 5) is 17.0. The molecule has 122 valence electrons. The molecular weight excluding hydrogens is 388 g/mol. The number of benzene rings is 2. The maximum absolute atomic E-state index is 12.5. The molecule has 0 saturated carbocycles. The minimum atomic E-state index is -0.229. The highest BCUT2D eigenvalue weighted by Crippen LogP contribution is 2.28. The van der Waals surface area contributed by atoms with Crippen molar-refractivity contribution in [1.29, 1.82) is 0 Å². The molecule has 1 N–H and O–H groups in total.